The summed E-state index contributed by atoms with van der Waals surface area (Å²) in [5.74, 6) is 0.690. The summed E-state index contributed by atoms with van der Waals surface area (Å²) in [5, 5.41) is 4.62. The minimum absolute atomic E-state index is 0.308. The Bertz CT molecular complexity index is 1190. The lowest BCUT2D eigenvalue weighted by atomic mass is 10.1. The first-order chi connectivity index (χ1) is 17.5. The zero-order chi connectivity index (χ0) is 25.9. The summed E-state index contributed by atoms with van der Waals surface area (Å²) >= 11 is 0. The van der Waals surface area contributed by atoms with Gasteiger partial charge < -0.3 is 9.80 Å². The van der Waals surface area contributed by atoms with Crippen molar-refractivity contribution in [2.45, 2.75) is 27.3 Å². The molecule has 0 saturated carbocycles. The molecule has 0 aliphatic carbocycles. The Labute approximate surface area is 213 Å². The number of carbonyl (C=O) groups is 1. The van der Waals surface area contributed by atoms with E-state index in [0.29, 0.717) is 5.57 Å². The molecule has 0 N–H and O–H groups in total. The van der Waals surface area contributed by atoms with Crippen LogP contribution in [0.1, 0.15) is 26.5 Å². The second kappa shape index (κ2) is 13.2. The van der Waals surface area contributed by atoms with E-state index in [0.717, 1.165) is 67.5 Å². The third kappa shape index (κ3) is 7.01. The summed E-state index contributed by atoms with van der Waals surface area (Å²) < 4.78 is 15.5. The molecule has 3 aromatic rings. The Morgan fingerprint density at radius 1 is 1.06 bits per heavy atom. The van der Waals surface area contributed by atoms with Gasteiger partial charge in [-0.3, -0.25) is 9.48 Å². The molecule has 0 spiro atoms. The van der Waals surface area contributed by atoms with Gasteiger partial charge in [-0.15, -0.1) is 0 Å². The summed E-state index contributed by atoms with van der Waals surface area (Å²) in [6.45, 7) is 13.3. The van der Waals surface area contributed by atoms with Crippen molar-refractivity contribution < 1.29 is 9.18 Å². The summed E-state index contributed by atoms with van der Waals surface area (Å²) in [6, 6.07) is 18.1. The number of benzene rings is 1. The number of anilines is 1. The van der Waals surface area contributed by atoms with Gasteiger partial charge in [0.1, 0.15) is 11.6 Å². The van der Waals surface area contributed by atoms with Gasteiger partial charge in [-0.1, -0.05) is 49.1 Å². The number of hydrogen-bond donors (Lipinski definition) is 0. The summed E-state index contributed by atoms with van der Waals surface area (Å²) in [7, 11) is 0. The number of nitrogens with zero attached hydrogens (tertiary/aromatic N) is 5. The fourth-order valence-electron chi connectivity index (χ4n) is 3.92. The molecule has 1 fully saturated rings. The first kappa shape index (κ1) is 26.6. The number of aromatic nitrogens is 3. The Balaban J connectivity index is 0.000000221. The van der Waals surface area contributed by atoms with Crippen molar-refractivity contribution >= 4 is 17.8 Å². The standard InChI is InChI=1S/C19H21FN2.C10H13N3O/c1-5-17(20)14(3)12-15(4)18-13-19(22(6-2)21-18)16-10-8-7-9-11-16;14-9-12-5-7-13(8-6-12)10-3-1-2-4-11-10/h5,7-13H,1,6H2,2-4H3;1-4,9H,5-8H2/b15-12+,17-14+;. The van der Waals surface area contributed by atoms with Crippen LogP contribution in [0, 0.1) is 0 Å². The molecule has 1 saturated heterocycles. The Hall–Kier alpha value is -4.00. The third-order valence-electron chi connectivity index (χ3n) is 5.98. The summed E-state index contributed by atoms with van der Waals surface area (Å²) in [6.07, 6.45) is 5.73. The lowest BCUT2D eigenvalue weighted by molar-refractivity contribution is -0.118. The van der Waals surface area contributed by atoms with E-state index >= 15 is 0 Å². The van der Waals surface area contributed by atoms with E-state index in [1.165, 1.54) is 6.08 Å². The fourth-order valence-corrected chi connectivity index (χ4v) is 3.92. The van der Waals surface area contributed by atoms with Gasteiger partial charge in [0.05, 0.1) is 11.4 Å². The molecule has 6 nitrogen and oxygen atoms in total. The molecular formula is C29H34FN5O. The van der Waals surface area contributed by atoms with Gasteiger partial charge in [-0.25, -0.2) is 9.37 Å². The molecule has 0 atom stereocenters. The molecule has 4 rings (SSSR count). The average molecular weight is 488 g/mol. The van der Waals surface area contributed by atoms with Crippen LogP contribution in [0.25, 0.3) is 16.8 Å². The van der Waals surface area contributed by atoms with E-state index in [1.54, 1.807) is 24.1 Å². The first-order valence-corrected chi connectivity index (χ1v) is 12.1. The number of rotatable bonds is 7. The molecule has 188 valence electrons. The van der Waals surface area contributed by atoms with E-state index in [4.69, 9.17) is 0 Å². The van der Waals surface area contributed by atoms with Crippen LogP contribution in [0.5, 0.6) is 0 Å². The van der Waals surface area contributed by atoms with E-state index < -0.39 is 0 Å². The molecule has 0 bridgehead atoms. The van der Waals surface area contributed by atoms with Gasteiger partial charge in [-0.2, -0.15) is 5.10 Å². The number of allylic oxidation sites excluding steroid dienone is 5. The number of piperazine rings is 1. The van der Waals surface area contributed by atoms with Crippen LogP contribution in [0.2, 0.25) is 0 Å². The van der Waals surface area contributed by atoms with E-state index in [9.17, 15) is 9.18 Å². The van der Waals surface area contributed by atoms with Crippen LogP contribution < -0.4 is 4.90 Å². The van der Waals surface area contributed by atoms with Crippen LogP contribution in [0.3, 0.4) is 0 Å². The smallest absolute Gasteiger partial charge is 0.209 e. The highest BCUT2D eigenvalue weighted by Gasteiger charge is 2.15. The number of amides is 1. The fraction of sp³-hybridized carbons (Fsp3) is 0.276. The van der Waals surface area contributed by atoms with Crippen molar-refractivity contribution in [1.29, 1.82) is 0 Å². The highest BCUT2D eigenvalue weighted by Crippen LogP contribution is 2.25. The van der Waals surface area contributed by atoms with E-state index in [2.05, 4.69) is 40.6 Å². The van der Waals surface area contributed by atoms with Gasteiger partial charge in [0.25, 0.3) is 0 Å². The van der Waals surface area contributed by atoms with E-state index in [1.807, 2.05) is 54.1 Å². The molecular weight excluding hydrogens is 453 g/mol. The molecule has 36 heavy (non-hydrogen) atoms. The van der Waals surface area contributed by atoms with Gasteiger partial charge in [0.2, 0.25) is 6.41 Å². The van der Waals surface area contributed by atoms with Gasteiger partial charge in [-0.05, 0) is 61.8 Å². The SMILES string of the molecule is C=C/C(F)=C(C)\C=C(/C)c1cc(-c2ccccc2)n(CC)n1.O=CN1CCN(c2ccccn2)CC1. The third-order valence-corrected chi connectivity index (χ3v) is 5.98. The molecule has 1 aromatic carbocycles. The number of halogens is 1. The van der Waals surface area contributed by atoms with Crippen molar-refractivity contribution in [1.82, 2.24) is 19.7 Å². The van der Waals surface area contributed by atoms with Crippen molar-refractivity contribution in [3.05, 3.63) is 96.6 Å². The zero-order valence-electron chi connectivity index (χ0n) is 21.3. The van der Waals surface area contributed by atoms with Gasteiger partial charge in [0, 0.05) is 38.9 Å². The lowest BCUT2D eigenvalue weighted by Gasteiger charge is -2.33. The molecule has 1 aliphatic heterocycles. The second-order valence-corrected chi connectivity index (χ2v) is 8.48. The minimum Gasteiger partial charge on any atom is -0.353 e. The Morgan fingerprint density at radius 3 is 2.33 bits per heavy atom. The lowest BCUT2D eigenvalue weighted by Crippen LogP contribution is -2.45. The van der Waals surface area contributed by atoms with Crippen LogP contribution in [-0.4, -0.2) is 52.3 Å². The maximum absolute atomic E-state index is 13.5. The van der Waals surface area contributed by atoms with Crippen molar-refractivity contribution in [2.75, 3.05) is 31.1 Å². The highest BCUT2D eigenvalue weighted by atomic mass is 19.1. The Kier molecular flexibility index (Phi) is 9.74. The largest absolute Gasteiger partial charge is 0.353 e. The topological polar surface area (TPSA) is 54.3 Å². The van der Waals surface area contributed by atoms with Gasteiger partial charge >= 0.3 is 0 Å². The van der Waals surface area contributed by atoms with Crippen molar-refractivity contribution in [3.63, 3.8) is 0 Å². The quantitative estimate of drug-likeness (QED) is 0.314. The molecule has 0 radical (unpaired) electrons. The predicted octanol–water partition coefficient (Wildman–Crippen LogP) is 5.76. The number of aryl methyl sites for hydroxylation is 1. The number of carbonyl (C=O) groups excluding carboxylic acids is 1. The van der Waals surface area contributed by atoms with Crippen molar-refractivity contribution in [3.8, 4) is 11.3 Å². The molecule has 1 amide bonds. The zero-order valence-corrected chi connectivity index (χ0v) is 21.3. The van der Waals surface area contributed by atoms with Crippen LogP contribution in [0.4, 0.5) is 10.2 Å². The molecule has 7 heteroatoms. The van der Waals surface area contributed by atoms with Crippen molar-refractivity contribution in [2.24, 2.45) is 0 Å². The molecule has 2 aromatic heterocycles. The van der Waals surface area contributed by atoms with Crippen LogP contribution in [-0.2, 0) is 11.3 Å². The Morgan fingerprint density at radius 2 is 1.75 bits per heavy atom. The highest BCUT2D eigenvalue weighted by molar-refractivity contribution is 5.69. The van der Waals surface area contributed by atoms with Gasteiger partial charge in [0.15, 0.2) is 0 Å². The summed E-state index contributed by atoms with van der Waals surface area (Å²) in [5.41, 5.74) is 4.53. The first-order valence-electron chi connectivity index (χ1n) is 12.1. The maximum Gasteiger partial charge on any atom is 0.209 e. The maximum atomic E-state index is 13.5. The van der Waals surface area contributed by atoms with Crippen LogP contribution >= 0.6 is 0 Å². The number of hydrogen-bond acceptors (Lipinski definition) is 4. The molecule has 0 unspecified atom stereocenters. The molecule has 1 aliphatic rings. The van der Waals surface area contributed by atoms with E-state index in [-0.39, 0.29) is 5.83 Å². The summed E-state index contributed by atoms with van der Waals surface area (Å²) in [4.78, 5) is 18.8. The minimum atomic E-state index is -0.308. The molecule has 3 heterocycles. The number of pyridine rings is 1. The normalized spacial score (nSPS) is 14.5. The monoisotopic (exact) mass is 487 g/mol. The van der Waals surface area contributed by atoms with Crippen LogP contribution in [0.15, 0.2) is 90.9 Å². The second-order valence-electron chi connectivity index (χ2n) is 8.48. The average Bonchev–Trinajstić information content (AvgIpc) is 3.39. The predicted molar refractivity (Wildman–Crippen MR) is 145 cm³/mol.